The number of aryl methyl sites for hydroxylation is 1. The van der Waals surface area contributed by atoms with Crippen molar-refractivity contribution < 1.29 is 18.0 Å². The number of carbonyl (C=O) groups excluding carboxylic acids is 2. The van der Waals surface area contributed by atoms with Gasteiger partial charge >= 0.3 is 0 Å². The van der Waals surface area contributed by atoms with Crippen LogP contribution < -0.4 is 9.62 Å². The lowest BCUT2D eigenvalue weighted by molar-refractivity contribution is -0.140. The van der Waals surface area contributed by atoms with Crippen molar-refractivity contribution in [2.45, 2.75) is 44.2 Å². The first-order valence-electron chi connectivity index (χ1n) is 14.3. The van der Waals surface area contributed by atoms with E-state index in [0.29, 0.717) is 11.6 Å². The summed E-state index contributed by atoms with van der Waals surface area (Å²) in [6.45, 7) is 3.76. The first-order chi connectivity index (χ1) is 21.1. The van der Waals surface area contributed by atoms with Crippen LogP contribution in [0.25, 0.3) is 0 Å². The lowest BCUT2D eigenvalue weighted by Gasteiger charge is -2.34. The van der Waals surface area contributed by atoms with E-state index >= 15 is 0 Å². The van der Waals surface area contributed by atoms with Gasteiger partial charge in [0.15, 0.2) is 0 Å². The van der Waals surface area contributed by atoms with Crippen molar-refractivity contribution in [2.75, 3.05) is 17.4 Å². The second kappa shape index (κ2) is 15.4. The average molecular weight is 697 g/mol. The predicted molar refractivity (Wildman–Crippen MR) is 179 cm³/mol. The van der Waals surface area contributed by atoms with Gasteiger partial charge in [-0.1, -0.05) is 101 Å². The van der Waals surface area contributed by atoms with E-state index in [0.717, 1.165) is 31.9 Å². The largest absolute Gasteiger partial charge is 0.354 e. The van der Waals surface area contributed by atoms with Crippen LogP contribution in [0.3, 0.4) is 0 Å². The van der Waals surface area contributed by atoms with Crippen LogP contribution in [0.1, 0.15) is 30.0 Å². The summed E-state index contributed by atoms with van der Waals surface area (Å²) in [5.74, 6) is -0.844. The second-order valence-corrected chi connectivity index (χ2v) is 13.6. The minimum absolute atomic E-state index is 0.0320. The fourth-order valence-electron chi connectivity index (χ4n) is 4.74. The van der Waals surface area contributed by atoms with E-state index in [9.17, 15) is 18.0 Å². The highest BCUT2D eigenvalue weighted by Gasteiger charge is 2.34. The van der Waals surface area contributed by atoms with Gasteiger partial charge in [0.1, 0.15) is 12.6 Å². The third kappa shape index (κ3) is 8.49. The monoisotopic (exact) mass is 695 g/mol. The van der Waals surface area contributed by atoms with Gasteiger partial charge in [-0.05, 0) is 66.4 Å². The van der Waals surface area contributed by atoms with Gasteiger partial charge in [-0.15, -0.1) is 0 Å². The number of amides is 2. The summed E-state index contributed by atoms with van der Waals surface area (Å²) < 4.78 is 30.0. The van der Waals surface area contributed by atoms with Gasteiger partial charge in [0.2, 0.25) is 11.8 Å². The molecule has 10 heteroatoms. The van der Waals surface area contributed by atoms with Gasteiger partial charge in [-0.3, -0.25) is 13.9 Å². The molecule has 0 fully saturated rings. The number of hydrogen-bond acceptors (Lipinski definition) is 4. The zero-order chi connectivity index (χ0) is 31.7. The van der Waals surface area contributed by atoms with Gasteiger partial charge < -0.3 is 10.2 Å². The molecular formula is C34H35BrClN3O4S. The molecule has 2 amide bonds. The van der Waals surface area contributed by atoms with Gasteiger partial charge in [-0.2, -0.15) is 0 Å². The SMILES string of the molecule is CCCNC(=O)[C@@H](Cc1ccccc1)N(Cc1cccc(Br)c1)C(=O)CN(c1ccc(C)c(Cl)c1)S(=O)(=O)c1ccccc1. The maximum Gasteiger partial charge on any atom is 0.264 e. The molecule has 0 bridgehead atoms. The zero-order valence-electron chi connectivity index (χ0n) is 24.6. The van der Waals surface area contributed by atoms with E-state index < -0.39 is 28.5 Å². The number of rotatable bonds is 13. The van der Waals surface area contributed by atoms with E-state index in [4.69, 9.17) is 11.6 Å². The van der Waals surface area contributed by atoms with Crippen molar-refractivity contribution in [2.24, 2.45) is 0 Å². The molecule has 7 nitrogen and oxygen atoms in total. The van der Waals surface area contributed by atoms with Crippen LogP contribution in [-0.4, -0.2) is 44.3 Å². The minimum Gasteiger partial charge on any atom is -0.354 e. The molecule has 44 heavy (non-hydrogen) atoms. The zero-order valence-corrected chi connectivity index (χ0v) is 27.8. The molecule has 4 aromatic carbocycles. The first kappa shape index (κ1) is 33.2. The van der Waals surface area contributed by atoms with Crippen LogP contribution in [-0.2, 0) is 32.6 Å². The Kier molecular flexibility index (Phi) is 11.6. The van der Waals surface area contributed by atoms with Crippen LogP contribution in [0, 0.1) is 6.92 Å². The second-order valence-electron chi connectivity index (χ2n) is 10.4. The molecule has 0 aliphatic carbocycles. The quantitative estimate of drug-likeness (QED) is 0.167. The van der Waals surface area contributed by atoms with Gasteiger partial charge in [-0.25, -0.2) is 8.42 Å². The van der Waals surface area contributed by atoms with Crippen molar-refractivity contribution in [3.05, 3.63) is 129 Å². The highest BCUT2D eigenvalue weighted by molar-refractivity contribution is 9.10. The molecule has 1 atom stereocenters. The molecular weight excluding hydrogens is 662 g/mol. The van der Waals surface area contributed by atoms with Crippen LogP contribution in [0.5, 0.6) is 0 Å². The molecule has 0 heterocycles. The van der Waals surface area contributed by atoms with Gasteiger partial charge in [0.05, 0.1) is 10.6 Å². The summed E-state index contributed by atoms with van der Waals surface area (Å²) >= 11 is 9.93. The number of sulfonamides is 1. The minimum atomic E-state index is -4.19. The molecule has 0 spiro atoms. The van der Waals surface area contributed by atoms with Crippen molar-refractivity contribution in [1.82, 2.24) is 10.2 Å². The highest BCUT2D eigenvalue weighted by atomic mass is 79.9. The number of nitrogens with zero attached hydrogens (tertiary/aromatic N) is 2. The Morgan fingerprint density at radius 1 is 0.886 bits per heavy atom. The summed E-state index contributed by atoms with van der Waals surface area (Å²) in [6, 6.07) is 28.9. The molecule has 0 aromatic heterocycles. The fourth-order valence-corrected chi connectivity index (χ4v) is 6.79. The summed E-state index contributed by atoms with van der Waals surface area (Å²) in [6.07, 6.45) is 0.971. The Bertz CT molecular complexity index is 1690. The van der Waals surface area contributed by atoms with Crippen LogP contribution in [0.15, 0.2) is 112 Å². The molecule has 230 valence electrons. The predicted octanol–water partition coefficient (Wildman–Crippen LogP) is 6.77. The Morgan fingerprint density at radius 2 is 1.55 bits per heavy atom. The normalized spacial score (nSPS) is 11.9. The van der Waals surface area contributed by atoms with Gasteiger partial charge in [0.25, 0.3) is 10.0 Å². The van der Waals surface area contributed by atoms with Crippen molar-refractivity contribution in [3.8, 4) is 0 Å². The molecule has 4 rings (SSSR count). The molecule has 0 aliphatic heterocycles. The molecule has 1 N–H and O–H groups in total. The van der Waals surface area contributed by atoms with Crippen LogP contribution >= 0.6 is 27.5 Å². The van der Waals surface area contributed by atoms with Crippen molar-refractivity contribution >= 4 is 55.1 Å². The molecule has 0 unspecified atom stereocenters. The highest BCUT2D eigenvalue weighted by Crippen LogP contribution is 2.29. The van der Waals surface area contributed by atoms with Crippen LogP contribution in [0.2, 0.25) is 5.02 Å². The third-order valence-electron chi connectivity index (χ3n) is 7.12. The molecule has 4 aromatic rings. The average Bonchev–Trinajstić information content (AvgIpc) is 3.02. The summed E-state index contributed by atoms with van der Waals surface area (Å²) in [5, 5.41) is 3.32. The van der Waals surface area contributed by atoms with E-state index in [-0.39, 0.29) is 29.5 Å². The molecule has 0 saturated heterocycles. The Labute approximate surface area is 273 Å². The standard InChI is InChI=1S/C34H35BrClN3O4S/c1-3-19-37-34(41)32(21-26-11-6-4-7-12-26)38(23-27-13-10-14-28(35)20-27)33(40)24-39(29-18-17-25(2)31(36)22-29)44(42,43)30-15-8-5-9-16-30/h4-18,20,22,32H,3,19,21,23-24H2,1-2H3,(H,37,41)/t32-/m1/s1. The van der Waals surface area contributed by atoms with Crippen LogP contribution in [0.4, 0.5) is 5.69 Å². The van der Waals surface area contributed by atoms with Crippen molar-refractivity contribution in [1.29, 1.82) is 0 Å². The van der Waals surface area contributed by atoms with Crippen molar-refractivity contribution in [3.63, 3.8) is 0 Å². The van der Waals surface area contributed by atoms with E-state index in [2.05, 4.69) is 21.2 Å². The molecule has 0 radical (unpaired) electrons. The third-order valence-corrected chi connectivity index (χ3v) is 9.80. The lowest BCUT2D eigenvalue weighted by atomic mass is 10.0. The first-order valence-corrected chi connectivity index (χ1v) is 16.9. The smallest absolute Gasteiger partial charge is 0.264 e. The summed E-state index contributed by atoms with van der Waals surface area (Å²) in [5.41, 5.74) is 2.67. The topological polar surface area (TPSA) is 86.8 Å². The number of carbonyl (C=O) groups is 2. The summed E-state index contributed by atoms with van der Waals surface area (Å²) in [7, 11) is -4.19. The maximum atomic E-state index is 14.5. The number of hydrogen-bond donors (Lipinski definition) is 1. The maximum absolute atomic E-state index is 14.5. The van der Waals surface area contributed by atoms with E-state index in [1.165, 1.54) is 17.0 Å². The van der Waals surface area contributed by atoms with E-state index in [1.807, 2.05) is 68.4 Å². The molecule has 0 saturated carbocycles. The molecule has 0 aliphatic rings. The summed E-state index contributed by atoms with van der Waals surface area (Å²) in [4.78, 5) is 29.7. The number of anilines is 1. The Morgan fingerprint density at radius 3 is 2.18 bits per heavy atom. The lowest BCUT2D eigenvalue weighted by Crippen LogP contribution is -2.53. The Hall–Kier alpha value is -3.66. The Balaban J connectivity index is 1.81. The number of nitrogens with one attached hydrogen (secondary N) is 1. The van der Waals surface area contributed by atoms with E-state index in [1.54, 1.807) is 36.4 Å². The number of benzene rings is 4. The number of halogens is 2. The van der Waals surface area contributed by atoms with Gasteiger partial charge in [0, 0.05) is 29.0 Å². The fraction of sp³-hybridized carbons (Fsp3) is 0.235.